The number of aromatic nitrogens is 4. The summed E-state index contributed by atoms with van der Waals surface area (Å²) >= 11 is 1.05. The zero-order valence-electron chi connectivity index (χ0n) is 14.0. The molecule has 0 bridgehead atoms. The number of carbonyl (C=O) groups is 1. The highest BCUT2D eigenvalue weighted by Crippen LogP contribution is 2.35. The molecule has 3 rings (SSSR count). The van der Waals surface area contributed by atoms with Crippen molar-refractivity contribution < 1.29 is 18.0 Å². The molecule has 2 aromatic carbocycles. The van der Waals surface area contributed by atoms with E-state index in [2.05, 4.69) is 20.8 Å². The number of rotatable bonds is 5. The molecular weight excluding hydrogens is 379 g/mol. The van der Waals surface area contributed by atoms with Crippen molar-refractivity contribution in [3.63, 3.8) is 0 Å². The quantitative estimate of drug-likeness (QED) is 0.668. The number of amides is 1. The van der Waals surface area contributed by atoms with Gasteiger partial charge in [0.25, 0.3) is 0 Å². The van der Waals surface area contributed by atoms with Gasteiger partial charge in [-0.05, 0) is 41.6 Å². The van der Waals surface area contributed by atoms with Crippen LogP contribution in [0.15, 0.2) is 59.8 Å². The highest BCUT2D eigenvalue weighted by molar-refractivity contribution is 8.00. The van der Waals surface area contributed by atoms with Crippen molar-refractivity contribution in [3.05, 3.63) is 60.2 Å². The number of thioether (sulfide) groups is 1. The zero-order valence-corrected chi connectivity index (χ0v) is 14.8. The van der Waals surface area contributed by atoms with E-state index in [1.54, 1.807) is 19.1 Å². The van der Waals surface area contributed by atoms with E-state index in [4.69, 9.17) is 0 Å². The first-order valence-corrected chi connectivity index (χ1v) is 8.72. The average molecular weight is 393 g/mol. The summed E-state index contributed by atoms with van der Waals surface area (Å²) in [4.78, 5) is 12.4. The van der Waals surface area contributed by atoms with Crippen LogP contribution in [0.2, 0.25) is 0 Å². The molecule has 0 saturated heterocycles. The summed E-state index contributed by atoms with van der Waals surface area (Å²) in [5, 5.41) is 13.3. The normalized spacial score (nSPS) is 12.6. The topological polar surface area (TPSA) is 72.7 Å². The molecule has 0 aliphatic carbocycles. The van der Waals surface area contributed by atoms with Crippen LogP contribution in [0.4, 0.5) is 18.9 Å². The number of para-hydroxylation sites is 2. The molecule has 6 nitrogen and oxygen atoms in total. The van der Waals surface area contributed by atoms with Gasteiger partial charge in [-0.15, -0.1) is 5.10 Å². The number of nitrogens with zero attached hydrogens (tertiary/aromatic N) is 4. The summed E-state index contributed by atoms with van der Waals surface area (Å²) in [6, 6.07) is 13.9. The number of halogens is 3. The molecular formula is C17H14F3N5OS. The fraction of sp³-hybridized carbons (Fsp3) is 0.176. The Hall–Kier alpha value is -2.88. The molecule has 1 heterocycles. The molecule has 0 radical (unpaired) electrons. The molecule has 1 aromatic heterocycles. The standard InChI is InChI=1S/C17H14F3N5OS/c1-11(15(26)21-14-10-6-5-9-13(14)17(18,19)20)27-16-22-23-24-25(16)12-7-3-2-4-8-12/h2-11H,1H3,(H,21,26). The van der Waals surface area contributed by atoms with Gasteiger partial charge in [-0.2, -0.15) is 17.9 Å². The number of carbonyl (C=O) groups excluding carboxylic acids is 1. The molecule has 0 spiro atoms. The minimum absolute atomic E-state index is 0.287. The largest absolute Gasteiger partial charge is 0.418 e. The van der Waals surface area contributed by atoms with Gasteiger partial charge >= 0.3 is 6.18 Å². The van der Waals surface area contributed by atoms with Crippen molar-refractivity contribution >= 4 is 23.4 Å². The van der Waals surface area contributed by atoms with E-state index in [0.717, 1.165) is 17.8 Å². The molecule has 140 valence electrons. The van der Waals surface area contributed by atoms with Gasteiger partial charge in [0.1, 0.15) is 0 Å². The lowest BCUT2D eigenvalue weighted by Gasteiger charge is -2.16. The Labute approximate surface area is 156 Å². The van der Waals surface area contributed by atoms with Gasteiger partial charge in [-0.3, -0.25) is 4.79 Å². The summed E-state index contributed by atoms with van der Waals surface area (Å²) < 4.78 is 40.6. The van der Waals surface area contributed by atoms with E-state index in [1.165, 1.54) is 22.9 Å². The second-order valence-corrected chi connectivity index (χ2v) is 6.81. The summed E-state index contributed by atoms with van der Waals surface area (Å²) in [7, 11) is 0. The Balaban J connectivity index is 1.75. The van der Waals surface area contributed by atoms with Crippen LogP contribution in [0.3, 0.4) is 0 Å². The summed E-state index contributed by atoms with van der Waals surface area (Å²) in [6.45, 7) is 1.57. The van der Waals surface area contributed by atoms with E-state index in [-0.39, 0.29) is 5.69 Å². The molecule has 1 unspecified atom stereocenters. The van der Waals surface area contributed by atoms with Gasteiger partial charge in [0.05, 0.1) is 22.2 Å². The van der Waals surface area contributed by atoms with Crippen molar-refractivity contribution in [2.75, 3.05) is 5.32 Å². The monoisotopic (exact) mass is 393 g/mol. The van der Waals surface area contributed by atoms with Crippen LogP contribution in [0, 0.1) is 0 Å². The third kappa shape index (κ3) is 4.45. The van der Waals surface area contributed by atoms with Gasteiger partial charge in [-0.1, -0.05) is 42.1 Å². The van der Waals surface area contributed by atoms with Crippen LogP contribution in [-0.4, -0.2) is 31.4 Å². The second kappa shape index (κ2) is 7.78. The van der Waals surface area contributed by atoms with Crippen LogP contribution in [0.5, 0.6) is 0 Å². The van der Waals surface area contributed by atoms with Crippen molar-refractivity contribution in [2.24, 2.45) is 0 Å². The lowest BCUT2D eigenvalue weighted by atomic mass is 10.1. The molecule has 0 fully saturated rings. The zero-order chi connectivity index (χ0) is 19.4. The van der Waals surface area contributed by atoms with Crippen molar-refractivity contribution in [1.82, 2.24) is 20.2 Å². The van der Waals surface area contributed by atoms with Crippen molar-refractivity contribution in [3.8, 4) is 5.69 Å². The molecule has 3 aromatic rings. The predicted molar refractivity (Wildman–Crippen MR) is 94.5 cm³/mol. The molecule has 1 amide bonds. The van der Waals surface area contributed by atoms with Crippen LogP contribution < -0.4 is 5.32 Å². The van der Waals surface area contributed by atoms with Crippen molar-refractivity contribution in [1.29, 1.82) is 0 Å². The molecule has 27 heavy (non-hydrogen) atoms. The van der Waals surface area contributed by atoms with Crippen LogP contribution >= 0.6 is 11.8 Å². The number of anilines is 1. The molecule has 1 N–H and O–H groups in total. The molecule has 1 atom stereocenters. The first-order chi connectivity index (χ1) is 12.9. The van der Waals surface area contributed by atoms with E-state index < -0.39 is 22.9 Å². The summed E-state index contributed by atoms with van der Waals surface area (Å²) in [5.74, 6) is -0.584. The number of benzene rings is 2. The highest BCUT2D eigenvalue weighted by Gasteiger charge is 2.34. The van der Waals surface area contributed by atoms with E-state index in [1.807, 2.05) is 18.2 Å². The van der Waals surface area contributed by atoms with Crippen LogP contribution in [0.25, 0.3) is 5.69 Å². The molecule has 10 heteroatoms. The Morgan fingerprint density at radius 1 is 1.11 bits per heavy atom. The molecule has 0 aliphatic heterocycles. The number of nitrogens with one attached hydrogen (secondary N) is 1. The van der Waals surface area contributed by atoms with Crippen molar-refractivity contribution in [2.45, 2.75) is 23.5 Å². The van der Waals surface area contributed by atoms with Gasteiger partial charge in [-0.25, -0.2) is 0 Å². The third-order valence-corrected chi connectivity index (χ3v) is 4.62. The lowest BCUT2D eigenvalue weighted by Crippen LogP contribution is -2.24. The smallest absolute Gasteiger partial charge is 0.325 e. The maximum atomic E-state index is 13.1. The van der Waals surface area contributed by atoms with Gasteiger partial charge in [0, 0.05) is 0 Å². The van der Waals surface area contributed by atoms with Crippen LogP contribution in [-0.2, 0) is 11.0 Å². The number of hydrogen-bond acceptors (Lipinski definition) is 5. The number of alkyl halides is 3. The SMILES string of the molecule is CC(Sc1nnnn1-c1ccccc1)C(=O)Nc1ccccc1C(F)(F)F. The van der Waals surface area contributed by atoms with E-state index in [9.17, 15) is 18.0 Å². The highest BCUT2D eigenvalue weighted by atomic mass is 32.2. The van der Waals surface area contributed by atoms with Gasteiger partial charge in [0.2, 0.25) is 11.1 Å². The average Bonchev–Trinajstić information content (AvgIpc) is 3.10. The van der Waals surface area contributed by atoms with E-state index in [0.29, 0.717) is 10.8 Å². The van der Waals surface area contributed by atoms with Gasteiger partial charge < -0.3 is 5.32 Å². The second-order valence-electron chi connectivity index (χ2n) is 5.50. The fourth-order valence-electron chi connectivity index (χ4n) is 2.27. The van der Waals surface area contributed by atoms with Crippen LogP contribution in [0.1, 0.15) is 12.5 Å². The third-order valence-electron chi connectivity index (χ3n) is 3.58. The molecule has 0 aliphatic rings. The maximum absolute atomic E-state index is 13.1. The first-order valence-electron chi connectivity index (χ1n) is 7.84. The predicted octanol–water partition coefficient (Wildman–Crippen LogP) is 3.80. The summed E-state index contributed by atoms with van der Waals surface area (Å²) in [6.07, 6.45) is -4.56. The summed E-state index contributed by atoms with van der Waals surface area (Å²) in [5.41, 5.74) is -0.477. The van der Waals surface area contributed by atoms with E-state index >= 15 is 0 Å². The maximum Gasteiger partial charge on any atom is 0.418 e. The Morgan fingerprint density at radius 2 is 1.78 bits per heavy atom. The number of hydrogen-bond donors (Lipinski definition) is 1. The molecule has 0 saturated carbocycles. The Bertz CT molecular complexity index is 930. The lowest BCUT2D eigenvalue weighted by molar-refractivity contribution is -0.137. The minimum Gasteiger partial charge on any atom is -0.325 e. The Morgan fingerprint density at radius 3 is 2.48 bits per heavy atom. The first kappa shape index (κ1) is 18.9. The fourth-order valence-corrected chi connectivity index (χ4v) is 3.08. The van der Waals surface area contributed by atoms with Gasteiger partial charge in [0.15, 0.2) is 0 Å². The minimum atomic E-state index is -4.56. The Kier molecular flexibility index (Phi) is 5.45. The number of tetrazole rings is 1.